The van der Waals surface area contributed by atoms with Gasteiger partial charge in [0.25, 0.3) is 0 Å². The number of fused-ring (bicyclic) bond motifs is 1. The molecule has 0 spiro atoms. The summed E-state index contributed by atoms with van der Waals surface area (Å²) >= 11 is 0. The predicted molar refractivity (Wildman–Crippen MR) is 81.4 cm³/mol. The number of benzene rings is 2. The molecule has 2 aromatic carbocycles. The fraction of sp³-hybridized carbons (Fsp3) is 0.188. The number of aryl methyl sites for hydroxylation is 1. The van der Waals surface area contributed by atoms with Gasteiger partial charge in [-0.05, 0) is 37.6 Å². The quantitative estimate of drug-likeness (QED) is 0.792. The Balaban J connectivity index is 2.24. The van der Waals surface area contributed by atoms with E-state index < -0.39 is 0 Å². The third-order valence-electron chi connectivity index (χ3n) is 3.29. The van der Waals surface area contributed by atoms with Crippen molar-refractivity contribution in [2.45, 2.75) is 13.8 Å². The Bertz CT molecular complexity index is 762. The fourth-order valence-electron chi connectivity index (χ4n) is 2.45. The monoisotopic (exact) mass is 267 g/mol. The van der Waals surface area contributed by atoms with Gasteiger partial charge in [0.15, 0.2) is 0 Å². The maximum Gasteiger partial charge on any atom is 0.205 e. The van der Waals surface area contributed by atoms with Gasteiger partial charge < -0.3 is 10.5 Å². The van der Waals surface area contributed by atoms with Crippen molar-refractivity contribution in [3.63, 3.8) is 0 Å². The SMILES string of the molecule is CCOc1cccc(-n2c(N)nc3cccc(C)c32)c1. The summed E-state index contributed by atoms with van der Waals surface area (Å²) in [6.45, 7) is 4.67. The van der Waals surface area contributed by atoms with Gasteiger partial charge in [0.05, 0.1) is 23.3 Å². The van der Waals surface area contributed by atoms with E-state index in [4.69, 9.17) is 10.5 Å². The molecule has 0 saturated carbocycles. The van der Waals surface area contributed by atoms with Crippen molar-refractivity contribution in [2.24, 2.45) is 0 Å². The van der Waals surface area contributed by atoms with Crippen LogP contribution in [0.15, 0.2) is 42.5 Å². The van der Waals surface area contributed by atoms with E-state index >= 15 is 0 Å². The lowest BCUT2D eigenvalue weighted by molar-refractivity contribution is 0.340. The number of nitrogen functional groups attached to an aromatic ring is 1. The van der Waals surface area contributed by atoms with Crippen molar-refractivity contribution in [3.8, 4) is 11.4 Å². The van der Waals surface area contributed by atoms with Crippen molar-refractivity contribution in [2.75, 3.05) is 12.3 Å². The minimum absolute atomic E-state index is 0.489. The molecule has 102 valence electrons. The van der Waals surface area contributed by atoms with Gasteiger partial charge in [0.2, 0.25) is 5.95 Å². The van der Waals surface area contributed by atoms with Crippen LogP contribution < -0.4 is 10.5 Å². The number of aromatic nitrogens is 2. The molecule has 0 aliphatic heterocycles. The smallest absolute Gasteiger partial charge is 0.205 e. The first-order chi connectivity index (χ1) is 9.70. The molecule has 4 heteroatoms. The molecule has 3 aromatic rings. The molecule has 3 rings (SSSR count). The number of hydrogen-bond acceptors (Lipinski definition) is 3. The number of nitrogens with zero attached hydrogens (tertiary/aromatic N) is 2. The van der Waals surface area contributed by atoms with Crippen LogP contribution in [0.3, 0.4) is 0 Å². The first-order valence-corrected chi connectivity index (χ1v) is 6.67. The molecule has 0 amide bonds. The molecule has 0 bridgehead atoms. The molecule has 0 aliphatic carbocycles. The molecular weight excluding hydrogens is 250 g/mol. The molecule has 0 atom stereocenters. The Labute approximate surface area is 117 Å². The van der Waals surface area contributed by atoms with E-state index in [1.165, 1.54) is 0 Å². The van der Waals surface area contributed by atoms with Crippen LogP contribution in [0.2, 0.25) is 0 Å². The highest BCUT2D eigenvalue weighted by Gasteiger charge is 2.12. The van der Waals surface area contributed by atoms with E-state index in [2.05, 4.69) is 18.0 Å². The van der Waals surface area contributed by atoms with Crippen LogP contribution in [0.5, 0.6) is 5.75 Å². The van der Waals surface area contributed by atoms with Gasteiger partial charge in [-0.2, -0.15) is 0 Å². The van der Waals surface area contributed by atoms with Crippen LogP contribution in [0.1, 0.15) is 12.5 Å². The Morgan fingerprint density at radius 1 is 1.20 bits per heavy atom. The summed E-state index contributed by atoms with van der Waals surface area (Å²) in [6.07, 6.45) is 0. The standard InChI is InChI=1S/C16H17N3O/c1-3-20-13-8-5-7-12(10-13)19-15-11(2)6-4-9-14(15)18-16(19)17/h4-10H,3H2,1-2H3,(H2,17,18). The maximum absolute atomic E-state index is 6.09. The topological polar surface area (TPSA) is 53.1 Å². The van der Waals surface area contributed by atoms with Gasteiger partial charge in [-0.1, -0.05) is 18.2 Å². The molecule has 0 radical (unpaired) electrons. The van der Waals surface area contributed by atoms with Gasteiger partial charge in [-0.25, -0.2) is 4.98 Å². The second kappa shape index (κ2) is 4.89. The minimum atomic E-state index is 0.489. The number of rotatable bonds is 3. The van der Waals surface area contributed by atoms with Crippen LogP contribution in [0.25, 0.3) is 16.7 Å². The highest BCUT2D eigenvalue weighted by Crippen LogP contribution is 2.27. The molecule has 1 heterocycles. The largest absolute Gasteiger partial charge is 0.494 e. The average molecular weight is 267 g/mol. The molecular formula is C16H17N3O. The second-order valence-electron chi connectivity index (χ2n) is 4.68. The zero-order chi connectivity index (χ0) is 14.1. The van der Waals surface area contributed by atoms with E-state index in [0.29, 0.717) is 12.6 Å². The van der Waals surface area contributed by atoms with E-state index in [9.17, 15) is 0 Å². The Morgan fingerprint density at radius 3 is 2.80 bits per heavy atom. The summed E-state index contributed by atoms with van der Waals surface area (Å²) in [5.41, 5.74) is 10.1. The first kappa shape index (κ1) is 12.5. The number of imidazole rings is 1. The highest BCUT2D eigenvalue weighted by atomic mass is 16.5. The number of ether oxygens (including phenoxy) is 1. The Morgan fingerprint density at radius 2 is 2.00 bits per heavy atom. The fourth-order valence-corrected chi connectivity index (χ4v) is 2.45. The molecule has 4 nitrogen and oxygen atoms in total. The van der Waals surface area contributed by atoms with Crippen LogP contribution in [-0.2, 0) is 0 Å². The van der Waals surface area contributed by atoms with E-state index in [-0.39, 0.29) is 0 Å². The summed E-state index contributed by atoms with van der Waals surface area (Å²) in [7, 11) is 0. The van der Waals surface area contributed by atoms with E-state index in [1.54, 1.807) is 0 Å². The van der Waals surface area contributed by atoms with Crippen molar-refractivity contribution >= 4 is 17.0 Å². The third kappa shape index (κ3) is 1.99. The molecule has 0 saturated heterocycles. The van der Waals surface area contributed by atoms with Crippen LogP contribution in [0.4, 0.5) is 5.95 Å². The lowest BCUT2D eigenvalue weighted by Crippen LogP contribution is -2.02. The van der Waals surface area contributed by atoms with E-state index in [1.807, 2.05) is 47.9 Å². The van der Waals surface area contributed by atoms with Gasteiger partial charge in [-0.15, -0.1) is 0 Å². The highest BCUT2D eigenvalue weighted by molar-refractivity contribution is 5.83. The summed E-state index contributed by atoms with van der Waals surface area (Å²) in [5, 5.41) is 0. The van der Waals surface area contributed by atoms with Gasteiger partial charge in [0, 0.05) is 6.07 Å². The summed E-state index contributed by atoms with van der Waals surface area (Å²) in [4.78, 5) is 4.43. The zero-order valence-electron chi connectivity index (χ0n) is 11.6. The molecule has 0 unspecified atom stereocenters. The molecule has 0 fully saturated rings. The number of para-hydroxylation sites is 1. The molecule has 1 aromatic heterocycles. The van der Waals surface area contributed by atoms with Crippen LogP contribution in [-0.4, -0.2) is 16.2 Å². The predicted octanol–water partition coefficient (Wildman–Crippen LogP) is 3.31. The van der Waals surface area contributed by atoms with E-state index in [0.717, 1.165) is 28.0 Å². The van der Waals surface area contributed by atoms with Gasteiger partial charge in [-0.3, -0.25) is 4.57 Å². The number of nitrogens with two attached hydrogens (primary N) is 1. The van der Waals surface area contributed by atoms with Gasteiger partial charge >= 0.3 is 0 Å². The second-order valence-corrected chi connectivity index (χ2v) is 4.68. The van der Waals surface area contributed by atoms with Crippen LogP contribution in [0, 0.1) is 6.92 Å². The van der Waals surface area contributed by atoms with Crippen molar-refractivity contribution in [1.29, 1.82) is 0 Å². The van der Waals surface area contributed by atoms with Crippen molar-refractivity contribution in [1.82, 2.24) is 9.55 Å². The lowest BCUT2D eigenvalue weighted by atomic mass is 10.2. The molecule has 2 N–H and O–H groups in total. The summed E-state index contributed by atoms with van der Waals surface area (Å²) < 4.78 is 7.52. The maximum atomic E-state index is 6.09. The minimum Gasteiger partial charge on any atom is -0.494 e. The van der Waals surface area contributed by atoms with Gasteiger partial charge in [0.1, 0.15) is 5.75 Å². The molecule has 20 heavy (non-hydrogen) atoms. The number of anilines is 1. The van der Waals surface area contributed by atoms with Crippen LogP contribution >= 0.6 is 0 Å². The van der Waals surface area contributed by atoms with Crippen molar-refractivity contribution < 1.29 is 4.74 Å². The molecule has 0 aliphatic rings. The Hall–Kier alpha value is -2.49. The Kier molecular flexibility index (Phi) is 3.06. The van der Waals surface area contributed by atoms with Crippen molar-refractivity contribution in [3.05, 3.63) is 48.0 Å². The first-order valence-electron chi connectivity index (χ1n) is 6.67. The number of hydrogen-bond donors (Lipinski definition) is 1. The zero-order valence-corrected chi connectivity index (χ0v) is 11.6. The third-order valence-corrected chi connectivity index (χ3v) is 3.29. The summed E-state index contributed by atoms with van der Waals surface area (Å²) in [6, 6.07) is 13.9. The average Bonchev–Trinajstić information content (AvgIpc) is 2.77. The summed E-state index contributed by atoms with van der Waals surface area (Å²) in [5.74, 6) is 1.32. The lowest BCUT2D eigenvalue weighted by Gasteiger charge is -2.10. The normalized spacial score (nSPS) is 10.9.